The van der Waals surface area contributed by atoms with Gasteiger partial charge >= 0.3 is 0 Å². The minimum atomic E-state index is 0.902. The van der Waals surface area contributed by atoms with Crippen LogP contribution in [0.1, 0.15) is 0 Å². The van der Waals surface area contributed by atoms with Gasteiger partial charge in [0.15, 0.2) is 0 Å². The van der Waals surface area contributed by atoms with Gasteiger partial charge in [0.05, 0.1) is 0 Å². The zero-order valence-corrected chi connectivity index (χ0v) is 30.3. The Bertz CT molecular complexity index is 3470. The third-order valence-electron chi connectivity index (χ3n) is 11.7. The smallest absolute Gasteiger partial charge is 0.143 e. The average Bonchev–Trinajstić information content (AvgIpc) is 3.85. The Morgan fingerprint density at radius 1 is 0.250 bits per heavy atom. The molecule has 0 aliphatic heterocycles. The fraction of sp³-hybridized carbons (Fsp3) is 0. The number of rotatable bonds is 4. The second-order valence-corrected chi connectivity index (χ2v) is 14.7. The molecule has 0 fully saturated rings. The monoisotopic (exact) mass is 712 g/mol. The molecule has 0 amide bonds. The van der Waals surface area contributed by atoms with Gasteiger partial charge < -0.3 is 8.83 Å². The minimum absolute atomic E-state index is 0.902. The Labute approximate surface area is 322 Å². The molecule has 0 saturated carbocycles. The highest BCUT2D eigenvalue weighted by atomic mass is 16.3. The first-order chi connectivity index (χ1) is 27.8. The standard InChI is InChI=1S/C54H32O2/c1-2-15-37-33(13-1)31-32-46-53-45(23-12-26-49(53)56-54(37)46)51-42-19-7-5-17-40(42)50(41-18-6-8-20-43(41)51)35-29-27-34(28-30-35)36-14-3-4-16-38(36)39-22-11-25-48-52(39)44-21-9-10-24-47(44)55-48/h1-32H. The molecule has 0 radical (unpaired) electrons. The van der Waals surface area contributed by atoms with Gasteiger partial charge in [0.25, 0.3) is 0 Å². The Hall–Kier alpha value is -7.42. The summed E-state index contributed by atoms with van der Waals surface area (Å²) in [4.78, 5) is 0. The van der Waals surface area contributed by atoms with E-state index in [1.165, 1.54) is 71.4 Å². The average molecular weight is 713 g/mol. The number of furan rings is 2. The normalized spacial score (nSPS) is 11.9. The molecule has 56 heavy (non-hydrogen) atoms. The molecule has 10 aromatic carbocycles. The molecule has 0 aliphatic rings. The Morgan fingerprint density at radius 2 is 0.750 bits per heavy atom. The third kappa shape index (κ3) is 4.50. The number of para-hydroxylation sites is 1. The maximum absolute atomic E-state index is 6.66. The molecule has 0 N–H and O–H groups in total. The number of benzene rings is 10. The summed E-state index contributed by atoms with van der Waals surface area (Å²) < 4.78 is 12.9. The van der Waals surface area contributed by atoms with Gasteiger partial charge in [-0.3, -0.25) is 0 Å². The lowest BCUT2D eigenvalue weighted by atomic mass is 9.84. The predicted molar refractivity (Wildman–Crippen MR) is 235 cm³/mol. The molecule has 260 valence electrons. The highest BCUT2D eigenvalue weighted by Gasteiger charge is 2.21. The van der Waals surface area contributed by atoms with Crippen LogP contribution >= 0.6 is 0 Å². The van der Waals surface area contributed by atoms with E-state index in [1.54, 1.807) is 0 Å². The largest absolute Gasteiger partial charge is 0.456 e. The van der Waals surface area contributed by atoms with Gasteiger partial charge in [0, 0.05) is 26.9 Å². The van der Waals surface area contributed by atoms with Crippen molar-refractivity contribution >= 4 is 76.2 Å². The summed E-state index contributed by atoms with van der Waals surface area (Å²) in [6.07, 6.45) is 0. The molecule has 2 nitrogen and oxygen atoms in total. The van der Waals surface area contributed by atoms with Gasteiger partial charge in [-0.15, -0.1) is 0 Å². The Kier molecular flexibility index (Phi) is 6.66. The van der Waals surface area contributed by atoms with E-state index in [0.717, 1.165) is 49.3 Å². The Morgan fingerprint density at radius 3 is 1.48 bits per heavy atom. The molecule has 0 unspecified atom stereocenters. The molecule has 0 atom stereocenters. The van der Waals surface area contributed by atoms with Crippen LogP contribution in [0.2, 0.25) is 0 Å². The second kappa shape index (κ2) is 12.0. The molecule has 12 aromatic rings. The summed E-state index contributed by atoms with van der Waals surface area (Å²) in [5.41, 5.74) is 13.2. The van der Waals surface area contributed by atoms with Gasteiger partial charge in [-0.05, 0) is 95.7 Å². The third-order valence-corrected chi connectivity index (χ3v) is 11.7. The first-order valence-electron chi connectivity index (χ1n) is 19.2. The second-order valence-electron chi connectivity index (χ2n) is 14.7. The molecule has 0 bridgehead atoms. The van der Waals surface area contributed by atoms with Crippen molar-refractivity contribution in [3.8, 4) is 44.5 Å². The van der Waals surface area contributed by atoms with E-state index in [0.29, 0.717) is 0 Å². The van der Waals surface area contributed by atoms with Crippen LogP contribution in [-0.4, -0.2) is 0 Å². The van der Waals surface area contributed by atoms with Crippen molar-refractivity contribution in [2.75, 3.05) is 0 Å². The molecule has 0 saturated heterocycles. The van der Waals surface area contributed by atoms with E-state index in [-0.39, 0.29) is 0 Å². The van der Waals surface area contributed by atoms with Gasteiger partial charge in [0.1, 0.15) is 22.3 Å². The highest BCUT2D eigenvalue weighted by molar-refractivity contribution is 6.27. The molecule has 2 aromatic heterocycles. The van der Waals surface area contributed by atoms with Crippen molar-refractivity contribution in [2.45, 2.75) is 0 Å². The van der Waals surface area contributed by atoms with Crippen molar-refractivity contribution in [1.82, 2.24) is 0 Å². The summed E-state index contributed by atoms with van der Waals surface area (Å²) in [5, 5.41) is 11.8. The van der Waals surface area contributed by atoms with Gasteiger partial charge in [-0.25, -0.2) is 0 Å². The molecule has 2 heterocycles. The summed E-state index contributed by atoms with van der Waals surface area (Å²) in [7, 11) is 0. The summed E-state index contributed by atoms with van der Waals surface area (Å²) >= 11 is 0. The van der Waals surface area contributed by atoms with Crippen molar-refractivity contribution in [2.24, 2.45) is 0 Å². The summed E-state index contributed by atoms with van der Waals surface area (Å²) in [6.45, 7) is 0. The van der Waals surface area contributed by atoms with Gasteiger partial charge in [0.2, 0.25) is 0 Å². The topological polar surface area (TPSA) is 26.3 Å². The van der Waals surface area contributed by atoms with Gasteiger partial charge in [-0.2, -0.15) is 0 Å². The maximum Gasteiger partial charge on any atom is 0.143 e. The van der Waals surface area contributed by atoms with Crippen LogP contribution in [-0.2, 0) is 0 Å². The lowest BCUT2D eigenvalue weighted by Gasteiger charge is -2.18. The fourth-order valence-corrected chi connectivity index (χ4v) is 9.28. The van der Waals surface area contributed by atoms with Crippen molar-refractivity contribution in [3.05, 3.63) is 194 Å². The van der Waals surface area contributed by atoms with E-state index in [4.69, 9.17) is 8.83 Å². The minimum Gasteiger partial charge on any atom is -0.456 e. The maximum atomic E-state index is 6.66. The van der Waals surface area contributed by atoms with Crippen LogP contribution in [0.5, 0.6) is 0 Å². The number of hydrogen-bond acceptors (Lipinski definition) is 2. The molecule has 2 heteroatoms. The van der Waals surface area contributed by atoms with Crippen molar-refractivity contribution in [3.63, 3.8) is 0 Å². The zero-order valence-electron chi connectivity index (χ0n) is 30.3. The lowest BCUT2D eigenvalue weighted by Crippen LogP contribution is -1.91. The first-order valence-corrected chi connectivity index (χ1v) is 19.2. The SMILES string of the molecule is c1ccc(-c2cccc3oc4ccccc4c23)c(-c2ccc(-c3c4ccccc4c(-c4cccc5oc6c7ccccc7ccc6c45)c4ccccc34)cc2)c1. The van der Waals surface area contributed by atoms with Crippen LogP contribution in [0.25, 0.3) is 121 Å². The molecule has 0 spiro atoms. The highest BCUT2D eigenvalue weighted by Crippen LogP contribution is 2.48. The van der Waals surface area contributed by atoms with E-state index < -0.39 is 0 Å². The molecule has 12 rings (SSSR count). The van der Waals surface area contributed by atoms with Crippen LogP contribution in [0.15, 0.2) is 203 Å². The lowest BCUT2D eigenvalue weighted by molar-refractivity contribution is 0.669. The van der Waals surface area contributed by atoms with E-state index in [9.17, 15) is 0 Å². The molecular weight excluding hydrogens is 681 g/mol. The van der Waals surface area contributed by atoms with E-state index in [1.807, 2.05) is 12.1 Å². The van der Waals surface area contributed by atoms with Crippen LogP contribution < -0.4 is 0 Å². The van der Waals surface area contributed by atoms with Crippen molar-refractivity contribution in [1.29, 1.82) is 0 Å². The van der Waals surface area contributed by atoms with Crippen LogP contribution in [0, 0.1) is 0 Å². The van der Waals surface area contributed by atoms with E-state index in [2.05, 4.69) is 182 Å². The quantitative estimate of drug-likeness (QED) is 0.170. The summed E-state index contributed by atoms with van der Waals surface area (Å²) in [6, 6.07) is 69.7. The molecular formula is C54H32O2. The first kappa shape index (κ1) is 31.0. The van der Waals surface area contributed by atoms with Crippen molar-refractivity contribution < 1.29 is 8.83 Å². The van der Waals surface area contributed by atoms with Crippen LogP contribution in [0.4, 0.5) is 0 Å². The van der Waals surface area contributed by atoms with Gasteiger partial charge in [-0.1, -0.05) is 170 Å². The van der Waals surface area contributed by atoms with Crippen LogP contribution in [0.3, 0.4) is 0 Å². The molecule has 0 aliphatic carbocycles. The predicted octanol–water partition coefficient (Wildman–Crippen LogP) is 15.6. The zero-order chi connectivity index (χ0) is 36.7. The van der Waals surface area contributed by atoms with E-state index >= 15 is 0 Å². The fourth-order valence-electron chi connectivity index (χ4n) is 9.28. The number of fused-ring (bicyclic) bond motifs is 10. The summed E-state index contributed by atoms with van der Waals surface area (Å²) in [5.74, 6) is 0. The Balaban J connectivity index is 1.05. The number of hydrogen-bond donors (Lipinski definition) is 0.